The Kier molecular flexibility index (Phi) is 3.53. The summed E-state index contributed by atoms with van der Waals surface area (Å²) in [5.41, 5.74) is 6.50. The number of nitrogens with zero attached hydrogens (tertiary/aromatic N) is 2. The third-order valence-corrected chi connectivity index (χ3v) is 2.93. The first-order valence-corrected chi connectivity index (χ1v) is 6.01. The summed E-state index contributed by atoms with van der Waals surface area (Å²) in [5.74, 6) is 0.0674. The predicted molar refractivity (Wildman–Crippen MR) is 67.5 cm³/mol. The molecule has 1 heterocycles. The zero-order chi connectivity index (χ0) is 12.3. The van der Waals surface area contributed by atoms with Crippen molar-refractivity contribution in [1.29, 1.82) is 0 Å². The zero-order valence-corrected chi connectivity index (χ0v) is 10.2. The van der Waals surface area contributed by atoms with Crippen molar-refractivity contribution in [3.05, 3.63) is 35.6 Å². The average molecular weight is 252 g/mol. The Morgan fingerprint density at radius 1 is 1.41 bits per heavy atom. The molecule has 0 aliphatic carbocycles. The molecule has 0 fully saturated rings. The molecule has 1 aromatic carbocycles. The summed E-state index contributed by atoms with van der Waals surface area (Å²) >= 11 is 1.23. The van der Waals surface area contributed by atoms with Gasteiger partial charge in [-0.2, -0.15) is 9.36 Å². The lowest BCUT2D eigenvalue weighted by molar-refractivity contribution is 0.626. The van der Waals surface area contributed by atoms with Crippen LogP contribution in [0.15, 0.2) is 24.3 Å². The summed E-state index contributed by atoms with van der Waals surface area (Å²) in [5, 5.41) is 3.90. The largest absolute Gasteiger partial charge is 0.367 e. The van der Waals surface area contributed by atoms with Crippen molar-refractivity contribution in [2.75, 3.05) is 11.1 Å². The highest BCUT2D eigenvalue weighted by molar-refractivity contribution is 7.09. The van der Waals surface area contributed by atoms with Gasteiger partial charge >= 0.3 is 0 Å². The first-order chi connectivity index (χ1) is 8.13. The minimum Gasteiger partial charge on any atom is -0.367 e. The Balaban J connectivity index is 1.93. The van der Waals surface area contributed by atoms with Crippen LogP contribution in [0.4, 0.5) is 15.5 Å². The summed E-state index contributed by atoms with van der Waals surface area (Å²) in [6, 6.07) is 6.67. The molecule has 0 saturated heterocycles. The molecule has 17 heavy (non-hydrogen) atoms. The normalized spacial score (nSPS) is 12.4. The summed E-state index contributed by atoms with van der Waals surface area (Å²) in [6.45, 7) is 2.03. The van der Waals surface area contributed by atoms with Crippen LogP contribution in [0.2, 0.25) is 0 Å². The topological polar surface area (TPSA) is 63.8 Å². The van der Waals surface area contributed by atoms with E-state index in [2.05, 4.69) is 14.7 Å². The molecular formula is C11H13FN4S. The zero-order valence-electron chi connectivity index (χ0n) is 9.35. The van der Waals surface area contributed by atoms with Gasteiger partial charge in [0.05, 0.1) is 0 Å². The van der Waals surface area contributed by atoms with Crippen LogP contribution in [0.5, 0.6) is 0 Å². The molecular weight excluding hydrogens is 239 g/mol. The van der Waals surface area contributed by atoms with Gasteiger partial charge < -0.3 is 11.1 Å². The quantitative estimate of drug-likeness (QED) is 0.876. The number of benzene rings is 1. The Morgan fingerprint density at radius 3 is 2.71 bits per heavy atom. The number of anilines is 2. The van der Waals surface area contributed by atoms with E-state index < -0.39 is 0 Å². The maximum Gasteiger partial charge on any atom is 0.233 e. The van der Waals surface area contributed by atoms with E-state index in [9.17, 15) is 4.39 Å². The number of rotatable bonds is 4. The number of halogens is 1. The smallest absolute Gasteiger partial charge is 0.233 e. The van der Waals surface area contributed by atoms with Gasteiger partial charge in [0.15, 0.2) is 0 Å². The molecule has 3 N–H and O–H groups in total. The molecule has 1 unspecified atom stereocenters. The molecule has 6 heteroatoms. The molecule has 0 amide bonds. The Labute approximate surface area is 103 Å². The standard InChI is InChI=1S/C11H13FN4S/c1-7(14-11-15-10(13)16-17-11)6-8-2-4-9(12)5-3-8/h2-5,7H,6H2,1H3,(H3,13,14,15,16). The van der Waals surface area contributed by atoms with Gasteiger partial charge in [-0.15, -0.1) is 0 Å². The van der Waals surface area contributed by atoms with E-state index in [1.165, 1.54) is 23.7 Å². The van der Waals surface area contributed by atoms with Gasteiger partial charge in [0.2, 0.25) is 11.1 Å². The van der Waals surface area contributed by atoms with Crippen molar-refractivity contribution in [2.24, 2.45) is 0 Å². The van der Waals surface area contributed by atoms with Crippen molar-refractivity contribution in [1.82, 2.24) is 9.36 Å². The van der Waals surface area contributed by atoms with Gasteiger partial charge in [-0.25, -0.2) is 4.39 Å². The van der Waals surface area contributed by atoms with Crippen molar-refractivity contribution in [3.63, 3.8) is 0 Å². The van der Waals surface area contributed by atoms with E-state index in [0.29, 0.717) is 5.13 Å². The summed E-state index contributed by atoms with van der Waals surface area (Å²) in [6.07, 6.45) is 0.791. The molecule has 90 valence electrons. The summed E-state index contributed by atoms with van der Waals surface area (Å²) in [4.78, 5) is 4.02. The molecule has 4 nitrogen and oxygen atoms in total. The van der Waals surface area contributed by atoms with Crippen LogP contribution in [0.1, 0.15) is 12.5 Å². The van der Waals surface area contributed by atoms with Crippen LogP contribution in [0.25, 0.3) is 0 Å². The first-order valence-electron chi connectivity index (χ1n) is 5.23. The van der Waals surface area contributed by atoms with Crippen molar-refractivity contribution in [2.45, 2.75) is 19.4 Å². The highest BCUT2D eigenvalue weighted by Gasteiger charge is 2.07. The van der Waals surface area contributed by atoms with E-state index in [0.717, 1.165) is 12.0 Å². The average Bonchev–Trinajstić information content (AvgIpc) is 2.67. The van der Waals surface area contributed by atoms with Crippen LogP contribution in [0.3, 0.4) is 0 Å². The summed E-state index contributed by atoms with van der Waals surface area (Å²) < 4.78 is 16.6. The van der Waals surface area contributed by atoms with E-state index >= 15 is 0 Å². The molecule has 2 rings (SSSR count). The predicted octanol–water partition coefficient (Wildman–Crippen LogP) is 2.30. The van der Waals surface area contributed by atoms with Gasteiger partial charge in [0.25, 0.3) is 0 Å². The Morgan fingerprint density at radius 2 is 2.12 bits per heavy atom. The number of hydrogen-bond acceptors (Lipinski definition) is 5. The van der Waals surface area contributed by atoms with Gasteiger partial charge in [0, 0.05) is 17.6 Å². The second-order valence-corrected chi connectivity index (χ2v) is 4.59. The maximum absolute atomic E-state index is 12.7. The number of hydrogen-bond donors (Lipinski definition) is 2. The summed E-state index contributed by atoms with van der Waals surface area (Å²) in [7, 11) is 0. The van der Waals surface area contributed by atoms with Gasteiger partial charge in [0.1, 0.15) is 5.82 Å². The fourth-order valence-electron chi connectivity index (χ4n) is 1.53. The second-order valence-electron chi connectivity index (χ2n) is 3.83. The van der Waals surface area contributed by atoms with Crippen LogP contribution in [-0.4, -0.2) is 15.4 Å². The molecule has 1 aromatic heterocycles. The number of nitrogen functional groups attached to an aromatic ring is 1. The van der Waals surface area contributed by atoms with E-state index in [4.69, 9.17) is 5.73 Å². The van der Waals surface area contributed by atoms with E-state index in [1.807, 2.05) is 6.92 Å². The number of nitrogens with one attached hydrogen (secondary N) is 1. The van der Waals surface area contributed by atoms with Crippen molar-refractivity contribution < 1.29 is 4.39 Å². The van der Waals surface area contributed by atoms with E-state index in [-0.39, 0.29) is 17.8 Å². The lowest BCUT2D eigenvalue weighted by Gasteiger charge is -2.12. The van der Waals surface area contributed by atoms with Crippen LogP contribution in [-0.2, 0) is 6.42 Å². The molecule has 1 atom stereocenters. The molecule has 0 bridgehead atoms. The van der Waals surface area contributed by atoms with Gasteiger partial charge in [-0.05, 0) is 31.0 Å². The fraction of sp³-hybridized carbons (Fsp3) is 0.273. The molecule has 0 aliphatic heterocycles. The molecule has 0 aliphatic rings. The van der Waals surface area contributed by atoms with Crippen LogP contribution < -0.4 is 11.1 Å². The van der Waals surface area contributed by atoms with Crippen LogP contribution in [0, 0.1) is 5.82 Å². The third kappa shape index (κ3) is 3.39. The highest BCUT2D eigenvalue weighted by atomic mass is 32.1. The maximum atomic E-state index is 12.7. The third-order valence-electron chi connectivity index (χ3n) is 2.27. The van der Waals surface area contributed by atoms with Gasteiger partial charge in [-0.1, -0.05) is 12.1 Å². The SMILES string of the molecule is CC(Cc1ccc(F)cc1)Nc1nc(N)ns1. The number of aromatic nitrogens is 2. The van der Waals surface area contributed by atoms with Crippen LogP contribution >= 0.6 is 11.5 Å². The Bertz CT molecular complexity index is 482. The number of nitrogens with two attached hydrogens (primary N) is 1. The highest BCUT2D eigenvalue weighted by Crippen LogP contribution is 2.15. The molecule has 0 radical (unpaired) electrons. The first kappa shape index (κ1) is 11.8. The van der Waals surface area contributed by atoms with E-state index in [1.54, 1.807) is 12.1 Å². The lowest BCUT2D eigenvalue weighted by atomic mass is 10.1. The molecule has 0 spiro atoms. The fourth-order valence-corrected chi connectivity index (χ4v) is 2.14. The lowest BCUT2D eigenvalue weighted by Crippen LogP contribution is -2.17. The van der Waals surface area contributed by atoms with Crippen molar-refractivity contribution >= 4 is 22.6 Å². The van der Waals surface area contributed by atoms with Crippen molar-refractivity contribution in [3.8, 4) is 0 Å². The minimum absolute atomic E-state index is 0.188. The molecule has 2 aromatic rings. The van der Waals surface area contributed by atoms with Gasteiger partial charge in [-0.3, -0.25) is 0 Å². The second kappa shape index (κ2) is 5.09. The minimum atomic E-state index is -0.216. The Hall–Kier alpha value is -1.69. The monoisotopic (exact) mass is 252 g/mol. The molecule has 0 saturated carbocycles.